The molecule has 0 radical (unpaired) electrons. The number of rotatable bonds is 5. The van der Waals surface area contributed by atoms with Gasteiger partial charge in [-0.15, -0.1) is 0 Å². The molecule has 1 atom stereocenters. The van der Waals surface area contributed by atoms with E-state index in [1.54, 1.807) is 12.1 Å². The van der Waals surface area contributed by atoms with Crippen LogP contribution in [-0.4, -0.2) is 52.3 Å². The molecule has 0 fully saturated rings. The van der Waals surface area contributed by atoms with E-state index in [2.05, 4.69) is 4.74 Å². The zero-order chi connectivity index (χ0) is 17.3. The molecule has 0 spiro atoms. The van der Waals surface area contributed by atoms with E-state index < -0.39 is 35.0 Å². The molecular formula is C11H15NO9S. The third-order valence-corrected chi connectivity index (χ3v) is 2.03. The number of nitrogens with two attached hydrogens (primary N) is 1. The minimum Gasteiger partial charge on any atom is -0.508 e. The van der Waals surface area contributed by atoms with Crippen molar-refractivity contribution >= 4 is 22.3 Å². The first kappa shape index (κ1) is 19.8. The molecule has 1 rings (SSSR count). The lowest BCUT2D eigenvalue weighted by Crippen LogP contribution is -2.35. The van der Waals surface area contributed by atoms with Gasteiger partial charge in [-0.1, -0.05) is 12.1 Å². The Hall–Kier alpha value is -2.21. The van der Waals surface area contributed by atoms with Gasteiger partial charge in [0, 0.05) is 0 Å². The van der Waals surface area contributed by atoms with E-state index >= 15 is 0 Å². The highest BCUT2D eigenvalue weighted by Crippen LogP contribution is 2.11. The molecule has 22 heavy (non-hydrogen) atoms. The molecule has 0 aromatic heterocycles. The minimum absolute atomic E-state index is 0.121. The number of carboxylic acids is 1. The van der Waals surface area contributed by atoms with Crippen LogP contribution in [0.3, 0.4) is 0 Å². The third-order valence-electron chi connectivity index (χ3n) is 2.03. The Morgan fingerprint density at radius 3 is 2.05 bits per heavy atom. The van der Waals surface area contributed by atoms with Crippen molar-refractivity contribution in [3.05, 3.63) is 29.8 Å². The summed E-state index contributed by atoms with van der Waals surface area (Å²) in [6.07, 6.45) is 0.221. The maximum Gasteiger partial charge on any atom is 0.394 e. The van der Waals surface area contributed by atoms with Crippen molar-refractivity contribution in [2.75, 3.05) is 6.61 Å². The first-order valence-electron chi connectivity index (χ1n) is 5.61. The SMILES string of the molecule is N[C@@H](Cc1ccc(O)cc1)C(=O)OCC(=O)O.O=S(=O)(O)O. The van der Waals surface area contributed by atoms with Crippen LogP contribution in [0.25, 0.3) is 0 Å². The van der Waals surface area contributed by atoms with E-state index in [0.29, 0.717) is 0 Å². The third kappa shape index (κ3) is 11.6. The Bertz CT molecular complexity index is 588. The number of aromatic hydroxyl groups is 1. The molecule has 6 N–H and O–H groups in total. The number of carbonyl (C=O) groups excluding carboxylic acids is 1. The van der Waals surface area contributed by atoms with Gasteiger partial charge in [0.05, 0.1) is 0 Å². The number of hydrogen-bond donors (Lipinski definition) is 5. The molecule has 0 bridgehead atoms. The van der Waals surface area contributed by atoms with Crippen LogP contribution in [0.1, 0.15) is 5.56 Å². The smallest absolute Gasteiger partial charge is 0.394 e. The molecule has 0 heterocycles. The second-order valence-electron chi connectivity index (χ2n) is 3.93. The molecule has 10 nitrogen and oxygen atoms in total. The summed E-state index contributed by atoms with van der Waals surface area (Å²) >= 11 is 0. The van der Waals surface area contributed by atoms with Crippen molar-refractivity contribution in [2.45, 2.75) is 12.5 Å². The maximum absolute atomic E-state index is 11.3. The number of phenolic OH excluding ortho intramolecular Hbond substituents is 1. The lowest BCUT2D eigenvalue weighted by Gasteiger charge is -2.10. The molecule has 1 aromatic carbocycles. The van der Waals surface area contributed by atoms with Crippen LogP contribution in [0.4, 0.5) is 0 Å². The summed E-state index contributed by atoms with van der Waals surface area (Å²) in [6.45, 7) is -0.692. The van der Waals surface area contributed by atoms with Crippen molar-refractivity contribution in [1.29, 1.82) is 0 Å². The fourth-order valence-electron chi connectivity index (χ4n) is 1.21. The average molecular weight is 337 g/mol. The van der Waals surface area contributed by atoms with Crippen LogP contribution in [0.15, 0.2) is 24.3 Å². The Balaban J connectivity index is 0.000000763. The van der Waals surface area contributed by atoms with Gasteiger partial charge in [0.15, 0.2) is 6.61 Å². The zero-order valence-corrected chi connectivity index (χ0v) is 11.9. The maximum atomic E-state index is 11.3. The second-order valence-corrected chi connectivity index (χ2v) is 4.82. The van der Waals surface area contributed by atoms with Crippen molar-refractivity contribution in [3.63, 3.8) is 0 Å². The van der Waals surface area contributed by atoms with Crippen LogP contribution in [0, 0.1) is 0 Å². The van der Waals surface area contributed by atoms with Gasteiger partial charge < -0.3 is 20.7 Å². The Kier molecular flexibility index (Phi) is 8.04. The predicted octanol–water partition coefficient (Wildman–Crippen LogP) is -0.763. The first-order chi connectivity index (χ1) is 9.99. The fourth-order valence-corrected chi connectivity index (χ4v) is 1.21. The van der Waals surface area contributed by atoms with E-state index in [1.165, 1.54) is 12.1 Å². The highest BCUT2D eigenvalue weighted by atomic mass is 32.3. The molecule has 11 heteroatoms. The molecule has 0 saturated heterocycles. The fraction of sp³-hybridized carbons (Fsp3) is 0.273. The molecule has 0 saturated carbocycles. The largest absolute Gasteiger partial charge is 0.508 e. The van der Waals surface area contributed by atoms with Gasteiger partial charge in [0.2, 0.25) is 0 Å². The number of aliphatic carboxylic acids is 1. The number of benzene rings is 1. The van der Waals surface area contributed by atoms with E-state index in [9.17, 15) is 9.59 Å². The summed E-state index contributed by atoms with van der Waals surface area (Å²) in [7, 11) is -4.67. The molecular weight excluding hydrogens is 322 g/mol. The molecule has 124 valence electrons. The monoisotopic (exact) mass is 337 g/mol. The van der Waals surface area contributed by atoms with Crippen molar-refractivity contribution in [1.82, 2.24) is 0 Å². The lowest BCUT2D eigenvalue weighted by atomic mass is 10.1. The Morgan fingerprint density at radius 2 is 1.64 bits per heavy atom. The summed E-state index contributed by atoms with van der Waals surface area (Å²) in [5.41, 5.74) is 6.30. The highest BCUT2D eigenvalue weighted by Gasteiger charge is 2.16. The summed E-state index contributed by atoms with van der Waals surface area (Å²) in [5.74, 6) is -1.87. The van der Waals surface area contributed by atoms with Gasteiger partial charge in [0.25, 0.3) is 0 Å². The van der Waals surface area contributed by atoms with Gasteiger partial charge in [-0.3, -0.25) is 13.9 Å². The minimum atomic E-state index is -4.67. The van der Waals surface area contributed by atoms with E-state index in [1.807, 2.05) is 0 Å². The van der Waals surface area contributed by atoms with Crippen LogP contribution in [-0.2, 0) is 31.1 Å². The van der Waals surface area contributed by atoms with Crippen molar-refractivity contribution in [3.8, 4) is 5.75 Å². The quantitative estimate of drug-likeness (QED) is 0.338. The number of carbonyl (C=O) groups is 2. The first-order valence-corrected chi connectivity index (χ1v) is 7.00. The van der Waals surface area contributed by atoms with E-state index in [0.717, 1.165) is 5.56 Å². The summed E-state index contributed by atoms with van der Waals surface area (Å²) in [6, 6.07) is 5.29. The average Bonchev–Trinajstić information content (AvgIpc) is 2.36. The van der Waals surface area contributed by atoms with E-state index in [-0.39, 0.29) is 12.2 Å². The van der Waals surface area contributed by atoms with Gasteiger partial charge >= 0.3 is 22.3 Å². The van der Waals surface area contributed by atoms with Gasteiger partial charge in [-0.2, -0.15) is 8.42 Å². The number of phenols is 1. The normalized spacial score (nSPS) is 11.8. The predicted molar refractivity (Wildman–Crippen MR) is 72.6 cm³/mol. The number of carboxylic acid groups (broad SMARTS) is 1. The van der Waals surface area contributed by atoms with Crippen molar-refractivity contribution in [2.24, 2.45) is 5.73 Å². The van der Waals surface area contributed by atoms with Gasteiger partial charge in [-0.05, 0) is 24.1 Å². The molecule has 0 aliphatic carbocycles. The Labute approximate surface area is 125 Å². The zero-order valence-electron chi connectivity index (χ0n) is 11.1. The Morgan fingerprint density at radius 1 is 1.18 bits per heavy atom. The van der Waals surface area contributed by atoms with Crippen LogP contribution < -0.4 is 5.73 Å². The summed E-state index contributed by atoms with van der Waals surface area (Å²) < 4.78 is 36.0. The number of esters is 1. The summed E-state index contributed by atoms with van der Waals surface area (Å²) in [5, 5.41) is 17.4. The highest BCUT2D eigenvalue weighted by molar-refractivity contribution is 7.79. The second kappa shape index (κ2) is 8.94. The standard InChI is InChI=1S/C11H13NO5.H2O4S/c12-9(11(16)17-6-10(14)15)5-7-1-3-8(13)4-2-7;1-5(2,3)4/h1-4,9,13H,5-6,12H2,(H,14,15);(H2,1,2,3,4)/t9-;/m0./s1. The van der Waals surface area contributed by atoms with Crippen LogP contribution in [0.2, 0.25) is 0 Å². The molecule has 0 aliphatic rings. The van der Waals surface area contributed by atoms with Gasteiger partial charge in [-0.25, -0.2) is 4.79 Å². The molecule has 0 aliphatic heterocycles. The topological polar surface area (TPSA) is 184 Å². The van der Waals surface area contributed by atoms with Gasteiger partial charge in [0.1, 0.15) is 11.8 Å². The molecule has 1 aromatic rings. The van der Waals surface area contributed by atoms with E-state index in [4.69, 9.17) is 33.5 Å². The number of hydrogen-bond acceptors (Lipinski definition) is 7. The molecule has 0 amide bonds. The van der Waals surface area contributed by atoms with Crippen LogP contribution in [0.5, 0.6) is 5.75 Å². The summed E-state index contributed by atoms with van der Waals surface area (Å²) in [4.78, 5) is 21.4. The van der Waals surface area contributed by atoms with Crippen molar-refractivity contribution < 1.29 is 42.1 Å². The van der Waals surface area contributed by atoms with Crippen LogP contribution >= 0.6 is 0 Å². The molecule has 0 unspecified atom stereocenters. The lowest BCUT2D eigenvalue weighted by molar-refractivity contribution is -0.155. The number of ether oxygens (including phenoxy) is 1.